The molecule has 8 nitrogen and oxygen atoms in total. The van der Waals surface area contributed by atoms with E-state index < -0.39 is 5.82 Å². The Hall–Kier alpha value is -3.23. The fraction of sp³-hybridized carbons (Fsp3) is 0.250. The van der Waals surface area contributed by atoms with Crippen molar-refractivity contribution in [3.8, 4) is 5.75 Å². The fourth-order valence-electron chi connectivity index (χ4n) is 2.28. The van der Waals surface area contributed by atoms with Crippen molar-refractivity contribution in [2.75, 3.05) is 5.73 Å². The molecule has 0 spiro atoms. The molecule has 0 saturated carbocycles. The van der Waals surface area contributed by atoms with E-state index in [0.29, 0.717) is 29.8 Å². The minimum absolute atomic E-state index is 0.0416. The van der Waals surface area contributed by atoms with Gasteiger partial charge >= 0.3 is 0 Å². The monoisotopic (exact) mass is 344 g/mol. The molecule has 0 radical (unpaired) electrons. The molecule has 3 N–H and O–H groups in total. The van der Waals surface area contributed by atoms with Gasteiger partial charge in [-0.15, -0.1) is 10.2 Å². The predicted octanol–water partition coefficient (Wildman–Crippen LogP) is 2.49. The summed E-state index contributed by atoms with van der Waals surface area (Å²) >= 11 is 0. The summed E-state index contributed by atoms with van der Waals surface area (Å²) in [4.78, 5) is 4.13. The second-order valence-corrected chi connectivity index (χ2v) is 5.52. The topological polar surface area (TPSA) is 111 Å². The third-order valence-corrected chi connectivity index (χ3v) is 3.52. The Morgan fingerprint density at radius 1 is 1.36 bits per heavy atom. The van der Waals surface area contributed by atoms with Crippen LogP contribution in [0.15, 0.2) is 38.9 Å². The first-order chi connectivity index (χ1) is 12.0. The number of nitrogens with one attached hydrogen (secondary N) is 1. The lowest BCUT2D eigenvalue weighted by Gasteiger charge is -2.15. The van der Waals surface area contributed by atoms with Gasteiger partial charge in [-0.05, 0) is 18.1 Å². The smallest absolute Gasteiger partial charge is 0.245 e. The molecule has 2 heterocycles. The molecule has 3 rings (SSSR count). The Labute approximate surface area is 143 Å². The first-order valence-corrected chi connectivity index (χ1v) is 7.60. The highest BCUT2D eigenvalue weighted by Crippen LogP contribution is 2.27. The summed E-state index contributed by atoms with van der Waals surface area (Å²) in [6.45, 7) is 3.65. The molecule has 0 saturated heterocycles. The molecule has 2 aromatic rings. The van der Waals surface area contributed by atoms with E-state index >= 15 is 0 Å². The van der Waals surface area contributed by atoms with Gasteiger partial charge in [-0.3, -0.25) is 5.43 Å². The number of hydrazone groups is 1. The first-order valence-electron chi connectivity index (χ1n) is 7.60. The number of rotatable bonds is 2. The standard InChI is InChI=1S/C16H17FN6O2/c1-9-5-15(25-14-4-3-11(18)6-13(14)17)19-8-21-20-7-12(9)16-23-22-10(2)24-16/h3-4,6-9,20H,5,18H2,1-2H3/b12-7+,19-15?,21-8-. The van der Waals surface area contributed by atoms with Crippen molar-refractivity contribution in [3.63, 3.8) is 0 Å². The molecule has 1 aromatic carbocycles. The maximum Gasteiger partial charge on any atom is 0.245 e. The van der Waals surface area contributed by atoms with Crippen molar-refractivity contribution in [1.82, 2.24) is 15.6 Å². The number of nitrogens with zero attached hydrogens (tertiary/aromatic N) is 4. The minimum Gasteiger partial charge on any atom is -0.440 e. The van der Waals surface area contributed by atoms with Crippen molar-refractivity contribution < 1.29 is 13.5 Å². The Morgan fingerprint density at radius 3 is 2.92 bits per heavy atom. The van der Waals surface area contributed by atoms with Crippen LogP contribution in [0.25, 0.3) is 5.57 Å². The summed E-state index contributed by atoms with van der Waals surface area (Å²) < 4.78 is 25.0. The van der Waals surface area contributed by atoms with Crippen LogP contribution in [0.2, 0.25) is 0 Å². The zero-order valence-corrected chi connectivity index (χ0v) is 13.7. The second kappa shape index (κ2) is 7.12. The van der Waals surface area contributed by atoms with E-state index in [1.165, 1.54) is 18.5 Å². The van der Waals surface area contributed by atoms with E-state index in [-0.39, 0.29) is 11.7 Å². The Kier molecular flexibility index (Phi) is 4.73. The number of aryl methyl sites for hydroxylation is 1. The van der Waals surface area contributed by atoms with E-state index in [2.05, 4.69) is 25.7 Å². The van der Waals surface area contributed by atoms with Crippen molar-refractivity contribution in [2.45, 2.75) is 20.3 Å². The predicted molar refractivity (Wildman–Crippen MR) is 91.3 cm³/mol. The van der Waals surface area contributed by atoms with Crippen molar-refractivity contribution in [3.05, 3.63) is 42.0 Å². The van der Waals surface area contributed by atoms with Crippen LogP contribution < -0.4 is 15.9 Å². The van der Waals surface area contributed by atoms with Gasteiger partial charge in [-0.25, -0.2) is 9.38 Å². The highest BCUT2D eigenvalue weighted by molar-refractivity contribution is 5.87. The number of benzene rings is 1. The average molecular weight is 344 g/mol. The van der Waals surface area contributed by atoms with Gasteiger partial charge < -0.3 is 14.9 Å². The average Bonchev–Trinajstić information content (AvgIpc) is 3.01. The molecule has 9 heteroatoms. The maximum atomic E-state index is 14.0. The Morgan fingerprint density at radius 2 is 2.20 bits per heavy atom. The third-order valence-electron chi connectivity index (χ3n) is 3.52. The molecule has 1 atom stereocenters. The first kappa shape index (κ1) is 16.6. The molecule has 1 unspecified atom stereocenters. The molecule has 0 aliphatic carbocycles. The molecule has 0 amide bonds. The SMILES string of the molecule is Cc1nnc(/C2=C/N/N=C\N=C(Oc3ccc(N)cc3F)CC2C)o1. The number of ether oxygens (including phenoxy) is 1. The molecule has 25 heavy (non-hydrogen) atoms. The van der Waals surface area contributed by atoms with E-state index in [9.17, 15) is 4.39 Å². The van der Waals surface area contributed by atoms with E-state index in [0.717, 1.165) is 5.57 Å². The number of halogens is 1. The maximum absolute atomic E-state index is 14.0. The number of hydrogen-bond donors (Lipinski definition) is 2. The van der Waals surface area contributed by atoms with Gasteiger partial charge in [0.2, 0.25) is 11.8 Å². The van der Waals surface area contributed by atoms with Gasteiger partial charge in [0.05, 0.1) is 0 Å². The van der Waals surface area contributed by atoms with Crippen LogP contribution in [0.4, 0.5) is 10.1 Å². The summed E-state index contributed by atoms with van der Waals surface area (Å²) in [5, 5.41) is 11.8. The number of nitrogen functional groups attached to an aromatic ring is 1. The lowest BCUT2D eigenvalue weighted by Crippen LogP contribution is -2.15. The van der Waals surface area contributed by atoms with Gasteiger partial charge in [-0.1, -0.05) is 6.92 Å². The number of allylic oxidation sites excluding steroid dienone is 1. The number of aliphatic imine (C=N–C) groups is 1. The summed E-state index contributed by atoms with van der Waals surface area (Å²) in [6.07, 6.45) is 3.33. The zero-order valence-electron chi connectivity index (χ0n) is 13.7. The zero-order chi connectivity index (χ0) is 17.8. The van der Waals surface area contributed by atoms with Crippen molar-refractivity contribution in [1.29, 1.82) is 0 Å². The molecule has 0 fully saturated rings. The molecule has 1 aliphatic heterocycles. The van der Waals surface area contributed by atoms with Gasteiger partial charge in [-0.2, -0.15) is 5.10 Å². The normalized spacial score (nSPS) is 21.0. The van der Waals surface area contributed by atoms with Crippen LogP contribution in [0.1, 0.15) is 25.1 Å². The van der Waals surface area contributed by atoms with Gasteiger partial charge in [0.15, 0.2) is 17.5 Å². The third kappa shape index (κ3) is 4.00. The highest BCUT2D eigenvalue weighted by Gasteiger charge is 2.21. The fourth-order valence-corrected chi connectivity index (χ4v) is 2.28. The van der Waals surface area contributed by atoms with E-state index in [1.54, 1.807) is 19.2 Å². The van der Waals surface area contributed by atoms with E-state index in [1.807, 2.05) is 6.92 Å². The molecular weight excluding hydrogens is 327 g/mol. The van der Waals surface area contributed by atoms with Gasteiger partial charge in [0.1, 0.15) is 6.34 Å². The lowest BCUT2D eigenvalue weighted by atomic mass is 9.98. The van der Waals surface area contributed by atoms with Gasteiger partial charge in [0, 0.05) is 36.9 Å². The summed E-state index contributed by atoms with van der Waals surface area (Å²) in [6, 6.07) is 4.20. The summed E-state index contributed by atoms with van der Waals surface area (Å²) in [7, 11) is 0. The number of nitrogens with two attached hydrogens (primary N) is 1. The van der Waals surface area contributed by atoms with Crippen LogP contribution in [-0.2, 0) is 0 Å². The molecule has 0 bridgehead atoms. The quantitative estimate of drug-likeness (QED) is 0.810. The summed E-state index contributed by atoms with van der Waals surface area (Å²) in [5.41, 5.74) is 9.35. The van der Waals surface area contributed by atoms with Crippen molar-refractivity contribution >= 4 is 23.5 Å². The molecule has 1 aromatic heterocycles. The number of aromatic nitrogens is 2. The Bertz CT molecular complexity index is 858. The molecule has 130 valence electrons. The number of hydrogen-bond acceptors (Lipinski definition) is 8. The highest BCUT2D eigenvalue weighted by atomic mass is 19.1. The molecule has 1 aliphatic rings. The van der Waals surface area contributed by atoms with Crippen molar-refractivity contribution in [2.24, 2.45) is 16.0 Å². The molecular formula is C16H17FN6O2. The summed E-state index contributed by atoms with van der Waals surface area (Å²) in [5.74, 6) is 0.525. The van der Waals surface area contributed by atoms with Crippen LogP contribution in [-0.4, -0.2) is 22.4 Å². The van der Waals surface area contributed by atoms with E-state index in [4.69, 9.17) is 14.9 Å². The van der Waals surface area contributed by atoms with Crippen LogP contribution >= 0.6 is 0 Å². The van der Waals surface area contributed by atoms with Crippen LogP contribution in [0, 0.1) is 18.7 Å². The minimum atomic E-state index is -0.561. The van der Waals surface area contributed by atoms with Crippen LogP contribution in [0.3, 0.4) is 0 Å². The number of anilines is 1. The largest absolute Gasteiger partial charge is 0.440 e. The van der Waals surface area contributed by atoms with Crippen LogP contribution in [0.5, 0.6) is 5.75 Å². The lowest BCUT2D eigenvalue weighted by molar-refractivity contribution is 0.469. The second-order valence-electron chi connectivity index (χ2n) is 5.52. The Balaban J connectivity index is 1.83. The van der Waals surface area contributed by atoms with Gasteiger partial charge in [0.25, 0.3) is 0 Å².